The van der Waals surface area contributed by atoms with Gasteiger partial charge in [0.1, 0.15) is 0 Å². The Kier molecular flexibility index (Phi) is 10.5. The van der Waals surface area contributed by atoms with Crippen LogP contribution in [0.5, 0.6) is 0 Å². The summed E-state index contributed by atoms with van der Waals surface area (Å²) in [4.78, 5) is 27.4. The second kappa shape index (κ2) is 12.3. The summed E-state index contributed by atoms with van der Waals surface area (Å²) in [5, 5.41) is 15.8. The smallest absolute Gasteiger partial charge is 0.230 e. The van der Waals surface area contributed by atoms with Crippen LogP contribution in [0.25, 0.3) is 0 Å². The molecule has 2 aliphatic heterocycles. The summed E-state index contributed by atoms with van der Waals surface area (Å²) in [5.41, 5.74) is -1.40. The van der Waals surface area contributed by atoms with Crippen LogP contribution in [0, 0.1) is 10.8 Å². The third kappa shape index (κ3) is 9.59. The molecule has 3 N–H and O–H groups in total. The number of aliphatic hydroxyl groups excluding tert-OH is 1. The first-order chi connectivity index (χ1) is 16.2. The Balaban J connectivity index is 1.68. The summed E-state index contributed by atoms with van der Waals surface area (Å²) >= 11 is 0. The maximum absolute atomic E-state index is 12.6. The van der Waals surface area contributed by atoms with E-state index in [0.29, 0.717) is 46.1 Å². The van der Waals surface area contributed by atoms with Gasteiger partial charge in [0, 0.05) is 19.6 Å². The van der Waals surface area contributed by atoms with E-state index in [4.69, 9.17) is 18.9 Å². The Labute approximate surface area is 210 Å². The minimum absolute atomic E-state index is 0.0784. The largest absolute Gasteiger partial charge is 0.392 e. The van der Waals surface area contributed by atoms with Crippen molar-refractivity contribution >= 4 is 11.8 Å². The van der Waals surface area contributed by atoms with Gasteiger partial charge in [-0.25, -0.2) is 0 Å². The first-order valence-electron chi connectivity index (χ1n) is 12.7. The monoisotopic (exact) mass is 501 g/mol. The molecule has 2 aliphatic rings. The van der Waals surface area contributed by atoms with E-state index in [1.807, 2.05) is 41.5 Å². The van der Waals surface area contributed by atoms with E-state index in [1.54, 1.807) is 6.92 Å². The molecular weight excluding hydrogens is 454 g/mol. The molecule has 0 aromatic heterocycles. The second-order valence-corrected chi connectivity index (χ2v) is 11.4. The Morgan fingerprint density at radius 2 is 1.11 bits per heavy atom. The van der Waals surface area contributed by atoms with E-state index in [-0.39, 0.29) is 11.8 Å². The first-order valence-corrected chi connectivity index (χ1v) is 12.7. The molecule has 10 nitrogen and oxygen atoms in total. The van der Waals surface area contributed by atoms with E-state index in [0.717, 1.165) is 25.9 Å². The van der Waals surface area contributed by atoms with Gasteiger partial charge in [0.25, 0.3) is 0 Å². The number of amides is 2. The second-order valence-electron chi connectivity index (χ2n) is 11.4. The van der Waals surface area contributed by atoms with E-state index in [1.165, 1.54) is 0 Å². The lowest BCUT2D eigenvalue weighted by Crippen LogP contribution is -2.53. The lowest BCUT2D eigenvalue weighted by molar-refractivity contribution is -0.277. The number of aliphatic hydroxyl groups is 1. The van der Waals surface area contributed by atoms with Gasteiger partial charge in [0.2, 0.25) is 11.8 Å². The minimum Gasteiger partial charge on any atom is -0.392 e. The SMILES string of the molecule is CC(O)CN(CCCNC(=O)C1(C)COC(C)(C)OC1)CCCNC(=O)C1(C)COC(C)(C)OC1. The molecule has 2 fully saturated rings. The highest BCUT2D eigenvalue weighted by Crippen LogP contribution is 2.30. The van der Waals surface area contributed by atoms with Crippen LogP contribution in [0.1, 0.15) is 61.3 Å². The molecule has 0 bridgehead atoms. The molecule has 2 heterocycles. The van der Waals surface area contributed by atoms with E-state index < -0.39 is 28.5 Å². The van der Waals surface area contributed by atoms with Crippen LogP contribution in [0.4, 0.5) is 0 Å². The van der Waals surface area contributed by atoms with Crippen molar-refractivity contribution in [2.24, 2.45) is 10.8 Å². The Hall–Kier alpha value is -1.30. The van der Waals surface area contributed by atoms with E-state index in [9.17, 15) is 14.7 Å². The number of ether oxygens (including phenoxy) is 4. The van der Waals surface area contributed by atoms with Crippen molar-refractivity contribution in [1.29, 1.82) is 0 Å². The third-order valence-electron chi connectivity index (χ3n) is 6.45. The standard InChI is InChI=1S/C25H47N3O7/c1-19(29)14-28(12-8-10-26-20(30)24(6)15-32-22(2,3)33-16-24)13-9-11-27-21(31)25(7)17-34-23(4,5)35-18-25/h19,29H,8-18H2,1-7H3,(H,26,30)(H,27,31). The predicted molar refractivity (Wildman–Crippen MR) is 132 cm³/mol. The fourth-order valence-electron chi connectivity index (χ4n) is 3.87. The van der Waals surface area contributed by atoms with Crippen molar-refractivity contribution in [2.45, 2.75) is 79.0 Å². The molecule has 1 atom stereocenters. The van der Waals surface area contributed by atoms with Crippen molar-refractivity contribution < 1.29 is 33.6 Å². The number of rotatable bonds is 12. The fraction of sp³-hybridized carbons (Fsp3) is 0.920. The maximum atomic E-state index is 12.6. The van der Waals surface area contributed by atoms with Crippen molar-refractivity contribution in [3.8, 4) is 0 Å². The molecule has 0 aromatic rings. The minimum atomic E-state index is -0.701. The summed E-state index contributed by atoms with van der Waals surface area (Å²) < 4.78 is 22.6. The topological polar surface area (TPSA) is 119 Å². The number of hydrogen-bond donors (Lipinski definition) is 3. The van der Waals surface area contributed by atoms with Crippen LogP contribution >= 0.6 is 0 Å². The molecule has 2 saturated heterocycles. The lowest BCUT2D eigenvalue weighted by atomic mass is 9.90. The van der Waals surface area contributed by atoms with Crippen molar-refractivity contribution in [2.75, 3.05) is 59.2 Å². The molecule has 0 aliphatic carbocycles. The molecule has 204 valence electrons. The highest BCUT2D eigenvalue weighted by Gasteiger charge is 2.43. The Bertz CT molecular complexity index is 637. The summed E-state index contributed by atoms with van der Waals surface area (Å²) in [6, 6.07) is 0. The lowest BCUT2D eigenvalue weighted by Gasteiger charge is -2.40. The first kappa shape index (κ1) is 29.9. The summed E-state index contributed by atoms with van der Waals surface area (Å²) in [5.74, 6) is -1.48. The Morgan fingerprint density at radius 1 is 0.771 bits per heavy atom. The van der Waals surface area contributed by atoms with Crippen LogP contribution in [0.2, 0.25) is 0 Å². The molecule has 0 spiro atoms. The van der Waals surface area contributed by atoms with Crippen LogP contribution in [-0.4, -0.2) is 98.7 Å². The summed E-state index contributed by atoms with van der Waals surface area (Å²) in [7, 11) is 0. The summed E-state index contributed by atoms with van der Waals surface area (Å²) in [6.07, 6.45) is 1.03. The van der Waals surface area contributed by atoms with Crippen LogP contribution < -0.4 is 10.6 Å². The molecule has 1 unspecified atom stereocenters. The van der Waals surface area contributed by atoms with Gasteiger partial charge in [-0.05, 0) is 74.4 Å². The van der Waals surface area contributed by atoms with Gasteiger partial charge in [-0.1, -0.05) is 0 Å². The zero-order valence-electron chi connectivity index (χ0n) is 22.7. The zero-order chi connectivity index (χ0) is 26.3. The number of nitrogens with zero attached hydrogens (tertiary/aromatic N) is 1. The van der Waals surface area contributed by atoms with E-state index in [2.05, 4.69) is 15.5 Å². The van der Waals surface area contributed by atoms with Crippen molar-refractivity contribution in [3.05, 3.63) is 0 Å². The third-order valence-corrected chi connectivity index (χ3v) is 6.45. The molecule has 0 aromatic carbocycles. The zero-order valence-corrected chi connectivity index (χ0v) is 22.7. The molecule has 10 heteroatoms. The fourth-order valence-corrected chi connectivity index (χ4v) is 3.87. The predicted octanol–water partition coefficient (Wildman–Crippen LogP) is 1.26. The van der Waals surface area contributed by atoms with Crippen LogP contribution in [0.3, 0.4) is 0 Å². The van der Waals surface area contributed by atoms with Gasteiger partial charge in [-0.15, -0.1) is 0 Å². The average molecular weight is 502 g/mol. The average Bonchev–Trinajstić information content (AvgIpc) is 2.77. The summed E-state index contributed by atoms with van der Waals surface area (Å²) in [6.45, 7) is 17.1. The van der Waals surface area contributed by atoms with Gasteiger partial charge in [0.05, 0.1) is 43.4 Å². The van der Waals surface area contributed by atoms with Gasteiger partial charge in [0.15, 0.2) is 11.6 Å². The molecular formula is C25H47N3O7. The quantitative estimate of drug-likeness (QED) is 0.342. The normalized spacial score (nSPS) is 23.5. The van der Waals surface area contributed by atoms with Gasteiger partial charge in [-0.2, -0.15) is 0 Å². The maximum Gasteiger partial charge on any atom is 0.230 e. The highest BCUT2D eigenvalue weighted by atomic mass is 16.7. The molecule has 0 saturated carbocycles. The van der Waals surface area contributed by atoms with Crippen molar-refractivity contribution in [1.82, 2.24) is 15.5 Å². The highest BCUT2D eigenvalue weighted by molar-refractivity contribution is 5.83. The number of nitrogens with one attached hydrogen (secondary N) is 2. The van der Waals surface area contributed by atoms with Gasteiger partial charge >= 0.3 is 0 Å². The molecule has 35 heavy (non-hydrogen) atoms. The van der Waals surface area contributed by atoms with Gasteiger partial charge in [-0.3, -0.25) is 9.59 Å². The molecule has 2 amide bonds. The Morgan fingerprint density at radius 3 is 1.43 bits per heavy atom. The number of carbonyl (C=O) groups excluding carboxylic acids is 2. The van der Waals surface area contributed by atoms with Crippen LogP contribution in [-0.2, 0) is 28.5 Å². The number of carbonyl (C=O) groups is 2. The van der Waals surface area contributed by atoms with Crippen LogP contribution in [0.15, 0.2) is 0 Å². The molecule has 0 radical (unpaired) electrons. The van der Waals surface area contributed by atoms with Gasteiger partial charge < -0.3 is 39.6 Å². The van der Waals surface area contributed by atoms with E-state index >= 15 is 0 Å². The number of hydrogen-bond acceptors (Lipinski definition) is 8. The van der Waals surface area contributed by atoms with Crippen molar-refractivity contribution in [3.63, 3.8) is 0 Å². The molecule has 2 rings (SSSR count).